The molecule has 1 heteroatoms. The Bertz CT molecular complexity index is 617. The highest BCUT2D eigenvalue weighted by Gasteiger charge is 2.14. The lowest BCUT2D eigenvalue weighted by molar-refractivity contribution is 0.263. The molecule has 146 valence electrons. The van der Waals surface area contributed by atoms with Gasteiger partial charge in [0.05, 0.1) is 0 Å². The molecule has 1 unspecified atom stereocenters. The zero-order chi connectivity index (χ0) is 19.2. The van der Waals surface area contributed by atoms with Crippen molar-refractivity contribution in [2.24, 2.45) is 0 Å². The smallest absolute Gasteiger partial charge is 0.00159 e. The first-order valence-electron chi connectivity index (χ1n) is 10.8. The molecule has 27 heavy (non-hydrogen) atoms. The zero-order valence-electron chi connectivity index (χ0n) is 17.3. The molecule has 1 atom stereocenters. The minimum absolute atomic E-state index is 0.587. The quantitative estimate of drug-likeness (QED) is 0.351. The predicted octanol–water partition coefficient (Wildman–Crippen LogP) is 6.86. The summed E-state index contributed by atoms with van der Waals surface area (Å²) in [4.78, 5) is 2.67. The van der Waals surface area contributed by atoms with Gasteiger partial charge in [0.15, 0.2) is 0 Å². The van der Waals surface area contributed by atoms with Crippen molar-refractivity contribution in [1.82, 2.24) is 4.90 Å². The molecule has 2 aromatic carbocycles. The second-order valence-electron chi connectivity index (χ2n) is 7.45. The Labute approximate surface area is 167 Å². The number of nitrogens with zero attached hydrogens (tertiary/aromatic N) is 1. The number of unbranched alkanes of at least 4 members (excludes halogenated alkanes) is 1. The van der Waals surface area contributed by atoms with E-state index in [0.29, 0.717) is 5.92 Å². The summed E-state index contributed by atoms with van der Waals surface area (Å²) in [6.45, 7) is 8.09. The van der Waals surface area contributed by atoms with E-state index < -0.39 is 0 Å². The van der Waals surface area contributed by atoms with Crippen LogP contribution in [0.4, 0.5) is 0 Å². The fourth-order valence-corrected chi connectivity index (χ4v) is 3.61. The van der Waals surface area contributed by atoms with E-state index in [4.69, 9.17) is 0 Å². The van der Waals surface area contributed by atoms with Gasteiger partial charge in [0.2, 0.25) is 0 Å². The van der Waals surface area contributed by atoms with Gasteiger partial charge in [0.1, 0.15) is 0 Å². The molecule has 0 bridgehead atoms. The van der Waals surface area contributed by atoms with Crippen LogP contribution in [-0.4, -0.2) is 24.5 Å². The molecule has 1 nitrogen and oxygen atoms in total. The standard InChI is InChI=1S/C26H37N/c1-3-5-7-14-21-27(20-6-4-2)22-19-26(25-17-12-9-13-18-25)23-24-15-10-8-11-16-24/h5,7-13,15-18,26H,3-4,6,14,19-23H2,1-2H3. The molecule has 0 saturated heterocycles. The zero-order valence-corrected chi connectivity index (χ0v) is 17.3. The first-order valence-corrected chi connectivity index (χ1v) is 10.8. The van der Waals surface area contributed by atoms with Crippen LogP contribution in [0.1, 0.15) is 63.0 Å². The van der Waals surface area contributed by atoms with Crippen LogP contribution < -0.4 is 0 Å². The molecule has 0 aliphatic rings. The summed E-state index contributed by atoms with van der Waals surface area (Å²) in [5, 5.41) is 0. The molecule has 2 aromatic rings. The van der Waals surface area contributed by atoms with Crippen LogP contribution in [0.2, 0.25) is 0 Å². The van der Waals surface area contributed by atoms with E-state index in [9.17, 15) is 0 Å². The summed E-state index contributed by atoms with van der Waals surface area (Å²) in [7, 11) is 0. The van der Waals surface area contributed by atoms with Crippen molar-refractivity contribution in [2.45, 2.75) is 58.3 Å². The summed E-state index contributed by atoms with van der Waals surface area (Å²) >= 11 is 0. The van der Waals surface area contributed by atoms with Crippen LogP contribution in [0, 0.1) is 0 Å². The third-order valence-electron chi connectivity index (χ3n) is 5.23. The van der Waals surface area contributed by atoms with Gasteiger partial charge in [-0.1, -0.05) is 93.1 Å². The second kappa shape index (κ2) is 13.3. The highest BCUT2D eigenvalue weighted by atomic mass is 15.1. The number of hydrogen-bond donors (Lipinski definition) is 0. The average molecular weight is 364 g/mol. The molecule has 0 saturated carbocycles. The first-order chi connectivity index (χ1) is 13.3. The summed E-state index contributed by atoms with van der Waals surface area (Å²) < 4.78 is 0. The summed E-state index contributed by atoms with van der Waals surface area (Å²) in [6.07, 6.45) is 11.9. The molecule has 0 N–H and O–H groups in total. The van der Waals surface area contributed by atoms with E-state index in [-0.39, 0.29) is 0 Å². The molecule has 0 fully saturated rings. The van der Waals surface area contributed by atoms with Gasteiger partial charge in [0, 0.05) is 6.54 Å². The minimum atomic E-state index is 0.587. The van der Waals surface area contributed by atoms with E-state index in [1.54, 1.807) is 0 Å². The number of benzene rings is 2. The molecule has 0 aromatic heterocycles. The molecular weight excluding hydrogens is 326 g/mol. The van der Waals surface area contributed by atoms with Crippen molar-refractivity contribution in [3.63, 3.8) is 0 Å². The highest BCUT2D eigenvalue weighted by molar-refractivity contribution is 5.24. The maximum absolute atomic E-state index is 2.67. The Morgan fingerprint density at radius 1 is 0.815 bits per heavy atom. The summed E-state index contributed by atoms with van der Waals surface area (Å²) in [6, 6.07) is 22.0. The summed E-state index contributed by atoms with van der Waals surface area (Å²) in [5.74, 6) is 0.587. The van der Waals surface area contributed by atoms with Crippen LogP contribution in [-0.2, 0) is 6.42 Å². The number of hydrogen-bond acceptors (Lipinski definition) is 1. The van der Waals surface area contributed by atoms with Crippen molar-refractivity contribution in [3.05, 3.63) is 83.9 Å². The maximum Gasteiger partial charge on any atom is 0.00159 e. The van der Waals surface area contributed by atoms with Crippen molar-refractivity contribution in [1.29, 1.82) is 0 Å². The molecule has 0 aliphatic heterocycles. The molecule has 0 spiro atoms. The van der Waals surface area contributed by atoms with Gasteiger partial charge in [-0.25, -0.2) is 0 Å². The SMILES string of the molecule is CCC=CCCN(CCCC)CCC(Cc1ccccc1)c1ccccc1. The van der Waals surface area contributed by atoms with Gasteiger partial charge < -0.3 is 4.90 Å². The second-order valence-corrected chi connectivity index (χ2v) is 7.45. The lowest BCUT2D eigenvalue weighted by atomic mass is 9.89. The molecule has 2 rings (SSSR count). The van der Waals surface area contributed by atoms with Gasteiger partial charge in [-0.15, -0.1) is 0 Å². The van der Waals surface area contributed by atoms with Crippen molar-refractivity contribution >= 4 is 0 Å². The number of rotatable bonds is 13. The molecular formula is C26H37N. The lowest BCUT2D eigenvalue weighted by Crippen LogP contribution is -2.28. The largest absolute Gasteiger partial charge is 0.303 e. The Morgan fingerprint density at radius 3 is 2.19 bits per heavy atom. The minimum Gasteiger partial charge on any atom is -0.303 e. The Balaban J connectivity index is 1.99. The monoisotopic (exact) mass is 363 g/mol. The van der Waals surface area contributed by atoms with E-state index in [2.05, 4.69) is 91.6 Å². The average Bonchev–Trinajstić information content (AvgIpc) is 2.73. The van der Waals surface area contributed by atoms with Gasteiger partial charge in [-0.05, 0) is 62.2 Å². The maximum atomic E-state index is 2.67. The normalized spacial score (nSPS) is 12.7. The van der Waals surface area contributed by atoms with Gasteiger partial charge in [-0.2, -0.15) is 0 Å². The fraction of sp³-hybridized carbons (Fsp3) is 0.462. The van der Waals surface area contributed by atoms with Crippen molar-refractivity contribution < 1.29 is 0 Å². The van der Waals surface area contributed by atoms with Crippen LogP contribution in [0.5, 0.6) is 0 Å². The van der Waals surface area contributed by atoms with E-state index in [0.717, 1.165) is 12.8 Å². The Hall–Kier alpha value is -1.86. The van der Waals surface area contributed by atoms with Crippen LogP contribution in [0.25, 0.3) is 0 Å². The third kappa shape index (κ3) is 8.58. The Morgan fingerprint density at radius 2 is 1.52 bits per heavy atom. The summed E-state index contributed by atoms with van der Waals surface area (Å²) in [5.41, 5.74) is 2.92. The predicted molar refractivity (Wildman–Crippen MR) is 119 cm³/mol. The van der Waals surface area contributed by atoms with Gasteiger partial charge >= 0.3 is 0 Å². The van der Waals surface area contributed by atoms with E-state index in [1.807, 2.05) is 0 Å². The first kappa shape index (κ1) is 21.4. The van der Waals surface area contributed by atoms with Crippen LogP contribution in [0.3, 0.4) is 0 Å². The van der Waals surface area contributed by atoms with E-state index >= 15 is 0 Å². The Kier molecular flexibility index (Phi) is 10.6. The molecule has 0 radical (unpaired) electrons. The fourth-order valence-electron chi connectivity index (χ4n) is 3.61. The van der Waals surface area contributed by atoms with Crippen LogP contribution >= 0.6 is 0 Å². The van der Waals surface area contributed by atoms with Crippen LogP contribution in [0.15, 0.2) is 72.8 Å². The topological polar surface area (TPSA) is 3.24 Å². The van der Waals surface area contributed by atoms with Crippen molar-refractivity contribution in [2.75, 3.05) is 19.6 Å². The highest BCUT2D eigenvalue weighted by Crippen LogP contribution is 2.25. The van der Waals surface area contributed by atoms with Gasteiger partial charge in [0.25, 0.3) is 0 Å². The third-order valence-corrected chi connectivity index (χ3v) is 5.23. The van der Waals surface area contributed by atoms with Crippen molar-refractivity contribution in [3.8, 4) is 0 Å². The van der Waals surface area contributed by atoms with Gasteiger partial charge in [-0.3, -0.25) is 0 Å². The molecule has 0 amide bonds. The molecule has 0 aliphatic carbocycles. The number of allylic oxidation sites excluding steroid dienone is 1. The van der Waals surface area contributed by atoms with E-state index in [1.165, 1.54) is 56.4 Å². The lowest BCUT2D eigenvalue weighted by Gasteiger charge is -2.25. The molecule has 0 heterocycles.